The van der Waals surface area contributed by atoms with Gasteiger partial charge in [-0.1, -0.05) is 0 Å². The van der Waals surface area contributed by atoms with E-state index in [9.17, 15) is 14.9 Å². The average molecular weight is 329 g/mol. The largest absolute Gasteiger partial charge is 0.467 e. The Balaban J connectivity index is 1.79. The van der Waals surface area contributed by atoms with E-state index < -0.39 is 4.92 Å². The van der Waals surface area contributed by atoms with E-state index in [1.165, 1.54) is 23.3 Å². The van der Waals surface area contributed by atoms with E-state index >= 15 is 0 Å². The van der Waals surface area contributed by atoms with Gasteiger partial charge in [-0.05, 0) is 48.1 Å². The third-order valence-corrected chi connectivity index (χ3v) is 3.59. The van der Waals surface area contributed by atoms with Crippen LogP contribution in [0.4, 0.5) is 5.69 Å². The van der Waals surface area contributed by atoms with Gasteiger partial charge >= 0.3 is 0 Å². The minimum atomic E-state index is -0.476. The number of rotatable bonds is 4. The van der Waals surface area contributed by atoms with Crippen molar-refractivity contribution >= 4 is 35.0 Å². The lowest BCUT2D eigenvalue weighted by Gasteiger charge is -2.11. The Morgan fingerprint density at radius 2 is 2.04 bits per heavy atom. The van der Waals surface area contributed by atoms with Crippen LogP contribution in [0, 0.1) is 10.1 Å². The molecule has 1 fully saturated rings. The standard InChI is InChI=1S/C15H11N3O4S/c19-14-13(8-10-3-5-11(6-4-10)18(20)21)16-15(23)17(14)9-12-2-1-7-22-12/h1-8H,9H2,(H,16,23)/b13-8-. The molecule has 0 unspecified atom stereocenters. The molecule has 1 saturated heterocycles. The van der Waals surface area contributed by atoms with Gasteiger partial charge in [-0.2, -0.15) is 0 Å². The van der Waals surface area contributed by atoms with Crippen LogP contribution in [0.5, 0.6) is 0 Å². The van der Waals surface area contributed by atoms with E-state index in [4.69, 9.17) is 16.6 Å². The maximum Gasteiger partial charge on any atom is 0.276 e. The Morgan fingerprint density at radius 1 is 1.30 bits per heavy atom. The molecule has 2 heterocycles. The van der Waals surface area contributed by atoms with Crippen LogP contribution in [-0.2, 0) is 11.3 Å². The molecule has 0 spiro atoms. The molecule has 1 aromatic carbocycles. The number of amides is 1. The number of carbonyl (C=O) groups excluding carboxylic acids is 1. The average Bonchev–Trinajstić information content (AvgIpc) is 3.12. The van der Waals surface area contributed by atoms with Gasteiger partial charge in [0.05, 0.1) is 17.7 Å². The molecule has 0 aliphatic carbocycles. The molecule has 1 aromatic heterocycles. The second-order valence-corrected chi connectivity index (χ2v) is 5.19. The van der Waals surface area contributed by atoms with Crippen molar-refractivity contribution in [3.63, 3.8) is 0 Å². The second kappa shape index (κ2) is 6.01. The molecule has 1 aliphatic heterocycles. The van der Waals surface area contributed by atoms with E-state index in [2.05, 4.69) is 5.32 Å². The van der Waals surface area contributed by atoms with Gasteiger partial charge in [0.1, 0.15) is 11.5 Å². The zero-order valence-electron chi connectivity index (χ0n) is 11.8. The number of nitro benzene ring substituents is 1. The first-order chi connectivity index (χ1) is 11.0. The van der Waals surface area contributed by atoms with Crippen molar-refractivity contribution in [1.82, 2.24) is 10.2 Å². The predicted molar refractivity (Wildman–Crippen MR) is 86.1 cm³/mol. The molecular weight excluding hydrogens is 318 g/mol. The maximum absolute atomic E-state index is 12.4. The van der Waals surface area contributed by atoms with E-state index in [0.717, 1.165) is 0 Å². The summed E-state index contributed by atoms with van der Waals surface area (Å²) >= 11 is 5.16. The molecule has 23 heavy (non-hydrogen) atoms. The molecule has 1 N–H and O–H groups in total. The number of thiocarbonyl (C=S) groups is 1. The monoisotopic (exact) mass is 329 g/mol. The van der Waals surface area contributed by atoms with Gasteiger partial charge in [0.2, 0.25) is 0 Å². The summed E-state index contributed by atoms with van der Waals surface area (Å²) in [6.45, 7) is 0.245. The Labute approximate surface area is 136 Å². The summed E-state index contributed by atoms with van der Waals surface area (Å²) in [6, 6.07) is 9.39. The summed E-state index contributed by atoms with van der Waals surface area (Å²) in [7, 11) is 0. The molecule has 8 heteroatoms. The fraction of sp³-hybridized carbons (Fsp3) is 0.0667. The van der Waals surface area contributed by atoms with Crippen LogP contribution in [0.15, 0.2) is 52.8 Å². The van der Waals surface area contributed by atoms with E-state index in [-0.39, 0.29) is 18.1 Å². The fourth-order valence-electron chi connectivity index (χ4n) is 2.13. The minimum absolute atomic E-state index is 0.00664. The Bertz CT molecular complexity index is 797. The number of nitrogens with zero attached hydrogens (tertiary/aromatic N) is 2. The molecule has 7 nitrogen and oxygen atoms in total. The first-order valence-corrected chi connectivity index (χ1v) is 7.07. The lowest BCUT2D eigenvalue weighted by Crippen LogP contribution is -2.29. The number of benzene rings is 1. The second-order valence-electron chi connectivity index (χ2n) is 4.81. The van der Waals surface area contributed by atoms with Crippen molar-refractivity contribution in [3.05, 3.63) is 69.8 Å². The van der Waals surface area contributed by atoms with Crippen LogP contribution in [-0.4, -0.2) is 20.8 Å². The van der Waals surface area contributed by atoms with E-state index in [0.29, 0.717) is 22.1 Å². The minimum Gasteiger partial charge on any atom is -0.467 e. The molecule has 0 atom stereocenters. The zero-order chi connectivity index (χ0) is 16.4. The number of hydrogen-bond donors (Lipinski definition) is 1. The smallest absolute Gasteiger partial charge is 0.276 e. The van der Waals surface area contributed by atoms with Crippen molar-refractivity contribution in [2.24, 2.45) is 0 Å². The molecule has 116 valence electrons. The molecule has 0 radical (unpaired) electrons. The third kappa shape index (κ3) is 3.11. The van der Waals surface area contributed by atoms with Gasteiger partial charge < -0.3 is 9.73 Å². The molecule has 3 rings (SSSR count). The van der Waals surface area contributed by atoms with Gasteiger partial charge in [-0.3, -0.25) is 19.8 Å². The highest BCUT2D eigenvalue weighted by Gasteiger charge is 2.31. The summed E-state index contributed by atoms with van der Waals surface area (Å²) in [5, 5.41) is 13.8. The molecule has 0 saturated carbocycles. The molecule has 1 aliphatic rings. The van der Waals surface area contributed by atoms with Crippen LogP contribution in [0.2, 0.25) is 0 Å². The summed E-state index contributed by atoms with van der Waals surface area (Å²) < 4.78 is 5.22. The van der Waals surface area contributed by atoms with Gasteiger partial charge in [-0.15, -0.1) is 0 Å². The zero-order valence-corrected chi connectivity index (χ0v) is 12.6. The number of furan rings is 1. The normalized spacial score (nSPS) is 16.0. The lowest BCUT2D eigenvalue weighted by atomic mass is 10.1. The number of nitro groups is 1. The Kier molecular flexibility index (Phi) is 3.90. The van der Waals surface area contributed by atoms with Crippen molar-refractivity contribution < 1.29 is 14.1 Å². The van der Waals surface area contributed by atoms with Crippen molar-refractivity contribution in [2.75, 3.05) is 0 Å². The number of non-ortho nitro benzene ring substituents is 1. The number of nitrogens with one attached hydrogen (secondary N) is 1. The third-order valence-electron chi connectivity index (χ3n) is 3.27. The fourth-order valence-corrected chi connectivity index (χ4v) is 2.39. The quantitative estimate of drug-likeness (QED) is 0.401. The van der Waals surface area contributed by atoms with E-state index in [1.54, 1.807) is 30.3 Å². The van der Waals surface area contributed by atoms with Crippen LogP contribution in [0.1, 0.15) is 11.3 Å². The van der Waals surface area contributed by atoms with Crippen LogP contribution >= 0.6 is 12.2 Å². The maximum atomic E-state index is 12.4. The Hall–Kier alpha value is -3.00. The van der Waals surface area contributed by atoms with Gasteiger partial charge in [0.25, 0.3) is 11.6 Å². The molecular formula is C15H11N3O4S. The van der Waals surface area contributed by atoms with Crippen LogP contribution in [0.3, 0.4) is 0 Å². The molecule has 0 bridgehead atoms. The van der Waals surface area contributed by atoms with Crippen molar-refractivity contribution in [1.29, 1.82) is 0 Å². The topological polar surface area (TPSA) is 88.6 Å². The first kappa shape index (κ1) is 14.9. The molecule has 1 amide bonds. The summed E-state index contributed by atoms with van der Waals surface area (Å²) in [5.74, 6) is 0.351. The summed E-state index contributed by atoms with van der Waals surface area (Å²) in [5.41, 5.74) is 0.970. The van der Waals surface area contributed by atoms with E-state index in [1.807, 2.05) is 0 Å². The highest BCUT2D eigenvalue weighted by molar-refractivity contribution is 7.80. The number of hydrogen-bond acceptors (Lipinski definition) is 5. The first-order valence-electron chi connectivity index (χ1n) is 6.66. The van der Waals surface area contributed by atoms with Gasteiger partial charge in [-0.25, -0.2) is 0 Å². The SMILES string of the molecule is O=C1/C(=C/c2ccc([N+](=O)[O-])cc2)NC(=S)N1Cc1ccco1. The summed E-state index contributed by atoms with van der Waals surface area (Å²) in [4.78, 5) is 23.9. The van der Waals surface area contributed by atoms with Crippen molar-refractivity contribution in [3.8, 4) is 0 Å². The highest BCUT2D eigenvalue weighted by Crippen LogP contribution is 2.19. The van der Waals surface area contributed by atoms with Gasteiger partial charge in [0, 0.05) is 12.1 Å². The van der Waals surface area contributed by atoms with Crippen LogP contribution < -0.4 is 5.32 Å². The highest BCUT2D eigenvalue weighted by atomic mass is 32.1. The van der Waals surface area contributed by atoms with Crippen molar-refractivity contribution in [2.45, 2.75) is 6.54 Å². The lowest BCUT2D eigenvalue weighted by molar-refractivity contribution is -0.384. The Morgan fingerprint density at radius 3 is 2.65 bits per heavy atom. The number of carbonyl (C=O) groups is 1. The predicted octanol–water partition coefficient (Wildman–Crippen LogP) is 2.45. The summed E-state index contributed by atoms with van der Waals surface area (Å²) in [6.07, 6.45) is 3.13. The molecule has 2 aromatic rings. The van der Waals surface area contributed by atoms with Crippen LogP contribution in [0.25, 0.3) is 6.08 Å². The van der Waals surface area contributed by atoms with Gasteiger partial charge in [0.15, 0.2) is 5.11 Å².